The second-order valence-electron chi connectivity index (χ2n) is 4.62. The Balaban J connectivity index is 2.65. The van der Waals surface area contributed by atoms with Gasteiger partial charge >= 0.3 is 0 Å². The SMILES string of the molecule is COCCOc1ccc(NC(=O)[C@@H](C)N(C)C)cc1Cl. The lowest BCUT2D eigenvalue weighted by Crippen LogP contribution is -2.37. The molecule has 1 aromatic rings. The zero-order valence-corrected chi connectivity index (χ0v) is 13.0. The number of amides is 1. The Morgan fingerprint density at radius 1 is 1.40 bits per heavy atom. The van der Waals surface area contributed by atoms with E-state index in [-0.39, 0.29) is 11.9 Å². The highest BCUT2D eigenvalue weighted by Gasteiger charge is 2.15. The molecule has 0 saturated carbocycles. The normalized spacial score (nSPS) is 12.3. The van der Waals surface area contributed by atoms with E-state index in [9.17, 15) is 4.79 Å². The maximum absolute atomic E-state index is 11.9. The highest BCUT2D eigenvalue weighted by atomic mass is 35.5. The first kappa shape index (κ1) is 16.8. The molecule has 20 heavy (non-hydrogen) atoms. The number of hydrogen-bond donors (Lipinski definition) is 1. The first-order valence-corrected chi connectivity index (χ1v) is 6.72. The van der Waals surface area contributed by atoms with Crippen molar-refractivity contribution < 1.29 is 14.3 Å². The Labute approximate surface area is 124 Å². The van der Waals surface area contributed by atoms with Gasteiger partial charge < -0.3 is 14.8 Å². The van der Waals surface area contributed by atoms with E-state index >= 15 is 0 Å². The summed E-state index contributed by atoms with van der Waals surface area (Å²) in [5, 5.41) is 3.27. The molecule has 1 rings (SSSR count). The van der Waals surface area contributed by atoms with Crippen LogP contribution in [0.5, 0.6) is 5.75 Å². The Morgan fingerprint density at radius 2 is 2.10 bits per heavy atom. The minimum Gasteiger partial charge on any atom is -0.490 e. The summed E-state index contributed by atoms with van der Waals surface area (Å²) >= 11 is 6.11. The number of hydrogen-bond acceptors (Lipinski definition) is 4. The smallest absolute Gasteiger partial charge is 0.241 e. The van der Waals surface area contributed by atoms with E-state index in [1.165, 1.54) is 0 Å². The lowest BCUT2D eigenvalue weighted by molar-refractivity contribution is -0.119. The number of anilines is 1. The van der Waals surface area contributed by atoms with Crippen molar-refractivity contribution in [1.29, 1.82) is 0 Å². The zero-order chi connectivity index (χ0) is 15.1. The number of carbonyl (C=O) groups excluding carboxylic acids is 1. The van der Waals surface area contributed by atoms with Crippen molar-refractivity contribution in [2.45, 2.75) is 13.0 Å². The lowest BCUT2D eigenvalue weighted by atomic mass is 10.2. The maximum atomic E-state index is 11.9. The van der Waals surface area contributed by atoms with Crippen LogP contribution >= 0.6 is 11.6 Å². The fourth-order valence-electron chi connectivity index (χ4n) is 1.41. The molecule has 6 heteroatoms. The fourth-order valence-corrected chi connectivity index (χ4v) is 1.65. The second-order valence-corrected chi connectivity index (χ2v) is 5.02. The molecule has 0 saturated heterocycles. The van der Waals surface area contributed by atoms with Gasteiger partial charge in [0.25, 0.3) is 0 Å². The summed E-state index contributed by atoms with van der Waals surface area (Å²) in [7, 11) is 5.31. The van der Waals surface area contributed by atoms with Gasteiger partial charge in [-0.15, -0.1) is 0 Å². The number of benzene rings is 1. The third-order valence-electron chi connectivity index (χ3n) is 2.90. The molecule has 1 aromatic carbocycles. The molecule has 0 aromatic heterocycles. The van der Waals surface area contributed by atoms with Gasteiger partial charge in [-0.3, -0.25) is 9.69 Å². The Kier molecular flexibility index (Phi) is 6.78. The highest BCUT2D eigenvalue weighted by molar-refractivity contribution is 6.32. The van der Waals surface area contributed by atoms with Gasteiger partial charge in [-0.25, -0.2) is 0 Å². The van der Waals surface area contributed by atoms with Crippen molar-refractivity contribution in [3.63, 3.8) is 0 Å². The lowest BCUT2D eigenvalue weighted by Gasteiger charge is -2.19. The number of methoxy groups -OCH3 is 1. The standard InChI is InChI=1S/C14H21ClN2O3/c1-10(17(2)3)14(18)16-11-5-6-13(12(15)9-11)20-8-7-19-4/h5-6,9-10H,7-8H2,1-4H3,(H,16,18)/t10-/m1/s1. The van der Waals surface area contributed by atoms with Gasteiger partial charge in [0.05, 0.1) is 17.7 Å². The van der Waals surface area contributed by atoms with Gasteiger partial charge in [0.2, 0.25) is 5.91 Å². The monoisotopic (exact) mass is 300 g/mol. The minimum atomic E-state index is -0.216. The molecule has 0 unspecified atom stereocenters. The molecule has 5 nitrogen and oxygen atoms in total. The van der Waals surface area contributed by atoms with Crippen LogP contribution in [0, 0.1) is 0 Å². The molecule has 0 spiro atoms. The van der Waals surface area contributed by atoms with Crippen LogP contribution in [0.25, 0.3) is 0 Å². The van der Waals surface area contributed by atoms with Gasteiger partial charge in [0, 0.05) is 12.8 Å². The number of rotatable bonds is 7. The van der Waals surface area contributed by atoms with E-state index < -0.39 is 0 Å². The van der Waals surface area contributed by atoms with Crippen LogP contribution in [0.2, 0.25) is 5.02 Å². The van der Waals surface area contributed by atoms with Crippen molar-refractivity contribution in [2.75, 3.05) is 39.7 Å². The molecular weight excluding hydrogens is 280 g/mol. The number of likely N-dealkylation sites (N-methyl/N-ethyl adjacent to an activating group) is 1. The quantitative estimate of drug-likeness (QED) is 0.785. The number of nitrogens with zero attached hydrogens (tertiary/aromatic N) is 1. The Hall–Kier alpha value is -1.30. The summed E-state index contributed by atoms with van der Waals surface area (Å²) in [4.78, 5) is 13.7. The van der Waals surface area contributed by atoms with Crippen molar-refractivity contribution in [3.05, 3.63) is 23.2 Å². The molecule has 0 aliphatic heterocycles. The third-order valence-corrected chi connectivity index (χ3v) is 3.19. The fraction of sp³-hybridized carbons (Fsp3) is 0.500. The van der Waals surface area contributed by atoms with Crippen molar-refractivity contribution in [1.82, 2.24) is 4.90 Å². The molecule has 112 valence electrons. The van der Waals surface area contributed by atoms with E-state index in [1.54, 1.807) is 25.3 Å². The molecule has 1 amide bonds. The third kappa shape index (κ3) is 5.00. The van der Waals surface area contributed by atoms with Crippen molar-refractivity contribution in [3.8, 4) is 5.75 Å². The van der Waals surface area contributed by atoms with E-state index in [0.717, 1.165) is 0 Å². The largest absolute Gasteiger partial charge is 0.490 e. The summed E-state index contributed by atoms with van der Waals surface area (Å²) in [6, 6.07) is 4.94. The number of ether oxygens (including phenoxy) is 2. The summed E-state index contributed by atoms with van der Waals surface area (Å²) < 4.78 is 10.3. The predicted octanol–water partition coefficient (Wildman–Crippen LogP) is 2.25. The maximum Gasteiger partial charge on any atom is 0.241 e. The van der Waals surface area contributed by atoms with Crippen molar-refractivity contribution >= 4 is 23.2 Å². The molecular formula is C14H21ClN2O3. The number of halogens is 1. The average molecular weight is 301 g/mol. The minimum absolute atomic E-state index is 0.0841. The zero-order valence-electron chi connectivity index (χ0n) is 12.3. The molecule has 0 heterocycles. The van der Waals surface area contributed by atoms with Crippen LogP contribution in [-0.4, -0.2) is 51.3 Å². The average Bonchev–Trinajstić information content (AvgIpc) is 2.40. The number of carbonyl (C=O) groups is 1. The van der Waals surface area contributed by atoms with Crippen LogP contribution in [0.1, 0.15) is 6.92 Å². The van der Waals surface area contributed by atoms with Crippen LogP contribution < -0.4 is 10.1 Å². The van der Waals surface area contributed by atoms with Gasteiger partial charge in [-0.1, -0.05) is 11.6 Å². The van der Waals surface area contributed by atoms with E-state index in [2.05, 4.69) is 5.32 Å². The van der Waals surface area contributed by atoms with E-state index in [4.69, 9.17) is 21.1 Å². The van der Waals surface area contributed by atoms with Crippen LogP contribution in [0.3, 0.4) is 0 Å². The Bertz CT molecular complexity index is 452. The molecule has 1 N–H and O–H groups in total. The van der Waals surface area contributed by atoms with Gasteiger partial charge in [-0.05, 0) is 39.2 Å². The van der Waals surface area contributed by atoms with Crippen LogP contribution in [0.4, 0.5) is 5.69 Å². The molecule has 0 aliphatic carbocycles. The van der Waals surface area contributed by atoms with Gasteiger partial charge in [0.1, 0.15) is 12.4 Å². The van der Waals surface area contributed by atoms with Gasteiger partial charge in [0.15, 0.2) is 0 Å². The first-order chi connectivity index (χ1) is 9.45. The summed E-state index contributed by atoms with van der Waals surface area (Å²) in [6.07, 6.45) is 0. The molecule has 0 bridgehead atoms. The van der Waals surface area contributed by atoms with Gasteiger partial charge in [-0.2, -0.15) is 0 Å². The summed E-state index contributed by atoms with van der Waals surface area (Å²) in [5.41, 5.74) is 0.646. The second kappa shape index (κ2) is 8.09. The Morgan fingerprint density at radius 3 is 2.65 bits per heavy atom. The summed E-state index contributed by atoms with van der Waals surface area (Å²) in [6.45, 7) is 2.76. The highest BCUT2D eigenvalue weighted by Crippen LogP contribution is 2.27. The van der Waals surface area contributed by atoms with E-state index in [0.29, 0.717) is 29.7 Å². The topological polar surface area (TPSA) is 50.8 Å². The molecule has 0 aliphatic rings. The molecule has 0 fully saturated rings. The number of nitrogens with one attached hydrogen (secondary N) is 1. The van der Waals surface area contributed by atoms with E-state index in [1.807, 2.05) is 25.9 Å². The van der Waals surface area contributed by atoms with Crippen LogP contribution in [0.15, 0.2) is 18.2 Å². The van der Waals surface area contributed by atoms with Crippen molar-refractivity contribution in [2.24, 2.45) is 0 Å². The van der Waals surface area contributed by atoms with Crippen LogP contribution in [-0.2, 0) is 9.53 Å². The molecule has 1 atom stereocenters. The predicted molar refractivity (Wildman–Crippen MR) is 80.6 cm³/mol. The first-order valence-electron chi connectivity index (χ1n) is 6.34. The summed E-state index contributed by atoms with van der Waals surface area (Å²) in [5.74, 6) is 0.487. The molecule has 0 radical (unpaired) electrons.